The Morgan fingerprint density at radius 1 is 1.12 bits per heavy atom. The third-order valence-corrected chi connectivity index (χ3v) is 4.29. The quantitative estimate of drug-likeness (QED) is 0.823. The van der Waals surface area contributed by atoms with E-state index in [9.17, 15) is 13.2 Å². The van der Waals surface area contributed by atoms with Crippen LogP contribution in [0.5, 0.6) is 0 Å². The van der Waals surface area contributed by atoms with Crippen LogP contribution in [0.15, 0.2) is 48.5 Å². The van der Waals surface area contributed by atoms with Crippen molar-refractivity contribution in [2.75, 3.05) is 17.5 Å². The fourth-order valence-corrected chi connectivity index (χ4v) is 3.10. The normalized spacial score (nSPS) is 11.2. The molecule has 0 aliphatic rings. The Bertz CT molecular complexity index is 830. The number of carbonyl (C=O) groups excluding carboxylic acids is 1. The zero-order valence-electron chi connectivity index (χ0n) is 14.8. The summed E-state index contributed by atoms with van der Waals surface area (Å²) in [6, 6.07) is 14.7. The maximum Gasteiger partial charge on any atom is 0.254 e. The highest BCUT2D eigenvalue weighted by Gasteiger charge is 2.16. The van der Waals surface area contributed by atoms with Gasteiger partial charge in [0.1, 0.15) is 0 Å². The van der Waals surface area contributed by atoms with E-state index in [1.54, 1.807) is 29.2 Å². The second-order valence-corrected chi connectivity index (χ2v) is 7.92. The molecule has 0 atom stereocenters. The van der Waals surface area contributed by atoms with E-state index in [1.165, 1.54) is 5.56 Å². The Hall–Kier alpha value is -2.34. The van der Waals surface area contributed by atoms with Gasteiger partial charge in [-0.1, -0.05) is 42.8 Å². The topological polar surface area (TPSA) is 66.5 Å². The van der Waals surface area contributed by atoms with Gasteiger partial charge in [0.05, 0.1) is 6.26 Å². The Morgan fingerprint density at radius 3 is 2.40 bits per heavy atom. The fourth-order valence-electron chi connectivity index (χ4n) is 2.55. The van der Waals surface area contributed by atoms with Crippen molar-refractivity contribution in [2.45, 2.75) is 26.8 Å². The maximum atomic E-state index is 12.9. The predicted octanol–water partition coefficient (Wildman–Crippen LogP) is 3.42. The number of carbonyl (C=O) groups is 1. The van der Waals surface area contributed by atoms with E-state index in [0.29, 0.717) is 24.3 Å². The summed E-state index contributed by atoms with van der Waals surface area (Å²) in [6.07, 6.45) is 1.93. The first kappa shape index (κ1) is 19.0. The lowest BCUT2D eigenvalue weighted by Gasteiger charge is -2.23. The van der Waals surface area contributed by atoms with Crippen LogP contribution in [-0.4, -0.2) is 32.0 Å². The predicted molar refractivity (Wildman–Crippen MR) is 101 cm³/mol. The number of nitrogens with one attached hydrogen (secondary N) is 1. The number of rotatable bonds is 7. The molecule has 0 unspecified atom stereocenters. The van der Waals surface area contributed by atoms with E-state index < -0.39 is 10.0 Å². The highest BCUT2D eigenvalue weighted by molar-refractivity contribution is 7.92. The van der Waals surface area contributed by atoms with E-state index in [1.807, 2.05) is 38.1 Å². The van der Waals surface area contributed by atoms with Gasteiger partial charge in [-0.15, -0.1) is 0 Å². The van der Waals surface area contributed by atoms with Gasteiger partial charge in [0.15, 0.2) is 0 Å². The summed E-state index contributed by atoms with van der Waals surface area (Å²) >= 11 is 0. The van der Waals surface area contributed by atoms with Crippen molar-refractivity contribution in [3.8, 4) is 0 Å². The van der Waals surface area contributed by atoms with Crippen LogP contribution in [-0.2, 0) is 16.6 Å². The molecule has 0 saturated heterocycles. The molecule has 0 aromatic heterocycles. The minimum atomic E-state index is -3.38. The molecule has 5 nitrogen and oxygen atoms in total. The van der Waals surface area contributed by atoms with Crippen LogP contribution in [0.2, 0.25) is 0 Å². The third kappa shape index (κ3) is 5.90. The summed E-state index contributed by atoms with van der Waals surface area (Å²) < 4.78 is 25.2. The Balaban J connectivity index is 2.21. The molecule has 0 aliphatic carbocycles. The summed E-state index contributed by atoms with van der Waals surface area (Å²) in [6.45, 7) is 5.21. The van der Waals surface area contributed by atoms with E-state index in [-0.39, 0.29) is 5.91 Å². The second kappa shape index (κ2) is 8.16. The first-order valence-electron chi connectivity index (χ1n) is 8.21. The molecule has 6 heteroatoms. The Labute approximate surface area is 149 Å². The smallest absolute Gasteiger partial charge is 0.254 e. The molecule has 1 N–H and O–H groups in total. The van der Waals surface area contributed by atoms with Gasteiger partial charge < -0.3 is 4.90 Å². The average Bonchev–Trinajstić information content (AvgIpc) is 2.54. The van der Waals surface area contributed by atoms with Gasteiger partial charge in [0.25, 0.3) is 5.91 Å². The van der Waals surface area contributed by atoms with Crippen LogP contribution in [0, 0.1) is 6.92 Å². The number of aryl methyl sites for hydroxylation is 1. The highest BCUT2D eigenvalue weighted by Crippen LogP contribution is 2.16. The van der Waals surface area contributed by atoms with Crippen LogP contribution in [0.3, 0.4) is 0 Å². The largest absolute Gasteiger partial charge is 0.334 e. The number of nitrogens with zero attached hydrogens (tertiary/aromatic N) is 1. The summed E-state index contributed by atoms with van der Waals surface area (Å²) in [5, 5.41) is 0. The molecule has 0 heterocycles. The Morgan fingerprint density at radius 2 is 1.80 bits per heavy atom. The molecule has 0 saturated carbocycles. The van der Waals surface area contributed by atoms with Gasteiger partial charge in [-0.05, 0) is 37.1 Å². The third-order valence-electron chi connectivity index (χ3n) is 3.69. The molecule has 0 bridgehead atoms. The number of amides is 1. The van der Waals surface area contributed by atoms with Gasteiger partial charge in [-0.3, -0.25) is 9.52 Å². The van der Waals surface area contributed by atoms with Gasteiger partial charge in [-0.2, -0.15) is 0 Å². The summed E-state index contributed by atoms with van der Waals surface area (Å²) in [7, 11) is -3.38. The Kier molecular flexibility index (Phi) is 6.20. The molecule has 2 aromatic carbocycles. The van der Waals surface area contributed by atoms with Crippen molar-refractivity contribution in [3.05, 3.63) is 65.2 Å². The number of sulfonamides is 1. The van der Waals surface area contributed by atoms with Crippen molar-refractivity contribution in [2.24, 2.45) is 0 Å². The van der Waals surface area contributed by atoms with Crippen LogP contribution < -0.4 is 4.72 Å². The number of anilines is 1. The van der Waals surface area contributed by atoms with E-state index in [0.717, 1.165) is 18.2 Å². The van der Waals surface area contributed by atoms with Gasteiger partial charge in [0, 0.05) is 24.3 Å². The summed E-state index contributed by atoms with van der Waals surface area (Å²) in [5.41, 5.74) is 3.10. The molecular formula is C19H24N2O3S. The molecule has 2 aromatic rings. The zero-order valence-corrected chi connectivity index (χ0v) is 15.6. The molecule has 1 amide bonds. The molecular weight excluding hydrogens is 336 g/mol. The number of benzene rings is 2. The van der Waals surface area contributed by atoms with Crippen LogP contribution in [0.4, 0.5) is 5.69 Å². The van der Waals surface area contributed by atoms with Crippen LogP contribution in [0.1, 0.15) is 34.8 Å². The SMILES string of the molecule is CCCN(Cc1ccc(C)cc1)C(=O)c1cccc(NS(C)(=O)=O)c1. The lowest BCUT2D eigenvalue weighted by molar-refractivity contribution is 0.0743. The van der Waals surface area contributed by atoms with E-state index >= 15 is 0 Å². The number of hydrogen-bond acceptors (Lipinski definition) is 3. The molecule has 0 aliphatic heterocycles. The minimum absolute atomic E-state index is 0.112. The van der Waals surface area contributed by atoms with Crippen molar-refractivity contribution in [1.29, 1.82) is 0 Å². The van der Waals surface area contributed by atoms with Gasteiger partial charge in [-0.25, -0.2) is 8.42 Å². The molecule has 2 rings (SSSR count). The number of hydrogen-bond donors (Lipinski definition) is 1. The van der Waals surface area contributed by atoms with Crippen LogP contribution in [0.25, 0.3) is 0 Å². The van der Waals surface area contributed by atoms with Crippen molar-refractivity contribution >= 4 is 21.6 Å². The minimum Gasteiger partial charge on any atom is -0.334 e. The molecule has 0 fully saturated rings. The van der Waals surface area contributed by atoms with Crippen LogP contribution >= 0.6 is 0 Å². The van der Waals surface area contributed by atoms with Crippen molar-refractivity contribution < 1.29 is 13.2 Å². The maximum absolute atomic E-state index is 12.9. The average molecular weight is 360 g/mol. The standard InChI is InChI=1S/C19H24N2O3S/c1-4-12-21(14-16-10-8-15(2)9-11-16)19(22)17-6-5-7-18(13-17)20-25(3,23)24/h5-11,13,20H,4,12,14H2,1-3H3. The fraction of sp³-hybridized carbons (Fsp3) is 0.316. The molecule has 134 valence electrons. The molecule has 0 radical (unpaired) electrons. The first-order chi connectivity index (χ1) is 11.8. The first-order valence-corrected chi connectivity index (χ1v) is 10.1. The second-order valence-electron chi connectivity index (χ2n) is 6.17. The monoisotopic (exact) mass is 360 g/mol. The summed E-state index contributed by atoms with van der Waals surface area (Å²) in [4.78, 5) is 14.7. The van der Waals surface area contributed by atoms with E-state index in [2.05, 4.69) is 4.72 Å². The van der Waals surface area contributed by atoms with Gasteiger partial charge in [0.2, 0.25) is 10.0 Å². The molecule has 25 heavy (non-hydrogen) atoms. The van der Waals surface area contributed by atoms with E-state index in [4.69, 9.17) is 0 Å². The lowest BCUT2D eigenvalue weighted by Crippen LogP contribution is -2.31. The zero-order chi connectivity index (χ0) is 18.4. The van der Waals surface area contributed by atoms with Gasteiger partial charge >= 0.3 is 0 Å². The van der Waals surface area contributed by atoms with Crippen molar-refractivity contribution in [3.63, 3.8) is 0 Å². The molecule has 0 spiro atoms. The summed E-state index contributed by atoms with van der Waals surface area (Å²) in [5.74, 6) is -0.112. The lowest BCUT2D eigenvalue weighted by atomic mass is 10.1. The highest BCUT2D eigenvalue weighted by atomic mass is 32.2. The van der Waals surface area contributed by atoms with Crippen molar-refractivity contribution in [1.82, 2.24) is 4.90 Å².